The van der Waals surface area contributed by atoms with E-state index >= 15 is 0 Å². The van der Waals surface area contributed by atoms with Gasteiger partial charge >= 0.3 is 0 Å². The molecule has 2 rings (SSSR count). The molecule has 0 radical (unpaired) electrons. The molecule has 0 spiro atoms. The minimum Gasteiger partial charge on any atom is -0.350 e. The van der Waals surface area contributed by atoms with E-state index in [1.165, 1.54) is 5.56 Å². The average molecular weight is 274 g/mol. The molecule has 1 saturated carbocycles. The Morgan fingerprint density at radius 2 is 1.90 bits per heavy atom. The van der Waals surface area contributed by atoms with Crippen LogP contribution in [0, 0.1) is 12.8 Å². The fraction of sp³-hybridized carbons (Fsp3) is 0.500. The van der Waals surface area contributed by atoms with Crippen LogP contribution in [0.15, 0.2) is 24.3 Å². The third-order valence-electron chi connectivity index (χ3n) is 3.82. The second-order valence-corrected chi connectivity index (χ2v) is 5.56. The van der Waals surface area contributed by atoms with Crippen molar-refractivity contribution in [2.24, 2.45) is 5.92 Å². The molecule has 20 heavy (non-hydrogen) atoms. The minimum atomic E-state index is -0.478. The molecule has 1 aromatic carbocycles. The number of carbonyl (C=O) groups excluding carboxylic acids is 2. The van der Waals surface area contributed by atoms with Crippen molar-refractivity contribution in [1.82, 2.24) is 10.6 Å². The van der Waals surface area contributed by atoms with Crippen LogP contribution in [0.2, 0.25) is 0 Å². The summed E-state index contributed by atoms with van der Waals surface area (Å²) in [5.74, 6) is -0.0187. The zero-order chi connectivity index (χ0) is 14.5. The number of benzene rings is 1. The Kier molecular flexibility index (Phi) is 4.77. The summed E-state index contributed by atoms with van der Waals surface area (Å²) in [6.07, 6.45) is 3.01. The molecule has 1 aromatic rings. The molecule has 4 nitrogen and oxygen atoms in total. The van der Waals surface area contributed by atoms with Crippen LogP contribution >= 0.6 is 0 Å². The number of carbonyl (C=O) groups is 2. The van der Waals surface area contributed by atoms with E-state index in [4.69, 9.17) is 0 Å². The Balaban J connectivity index is 1.75. The second kappa shape index (κ2) is 6.55. The van der Waals surface area contributed by atoms with E-state index in [1.54, 1.807) is 6.92 Å². The zero-order valence-corrected chi connectivity index (χ0v) is 12.1. The number of hydrogen-bond donors (Lipinski definition) is 2. The lowest BCUT2D eigenvalue weighted by molar-refractivity contribution is -0.132. The van der Waals surface area contributed by atoms with Gasteiger partial charge in [0, 0.05) is 12.5 Å². The Bertz CT molecular complexity index is 478. The highest BCUT2D eigenvalue weighted by molar-refractivity contribution is 5.88. The number of aryl methyl sites for hydroxylation is 1. The van der Waals surface area contributed by atoms with E-state index in [0.717, 1.165) is 24.8 Å². The highest BCUT2D eigenvalue weighted by atomic mass is 16.2. The number of hydrogen-bond acceptors (Lipinski definition) is 2. The summed E-state index contributed by atoms with van der Waals surface area (Å²) in [4.78, 5) is 23.7. The third-order valence-corrected chi connectivity index (χ3v) is 3.82. The molecule has 1 atom stereocenters. The summed E-state index contributed by atoms with van der Waals surface area (Å²) >= 11 is 0. The molecule has 1 aliphatic rings. The van der Waals surface area contributed by atoms with Crippen LogP contribution in [-0.2, 0) is 16.1 Å². The predicted molar refractivity (Wildman–Crippen MR) is 78.0 cm³/mol. The van der Waals surface area contributed by atoms with Gasteiger partial charge in [0.1, 0.15) is 6.04 Å². The summed E-state index contributed by atoms with van der Waals surface area (Å²) in [5, 5.41) is 5.62. The molecule has 108 valence electrons. The Labute approximate surface area is 119 Å². The van der Waals surface area contributed by atoms with Gasteiger partial charge in [-0.15, -0.1) is 0 Å². The van der Waals surface area contributed by atoms with Gasteiger partial charge in [-0.1, -0.05) is 36.2 Å². The molecule has 0 heterocycles. The van der Waals surface area contributed by atoms with Crippen LogP contribution in [0.25, 0.3) is 0 Å². The Morgan fingerprint density at radius 3 is 2.45 bits per heavy atom. The second-order valence-electron chi connectivity index (χ2n) is 5.56. The zero-order valence-electron chi connectivity index (χ0n) is 12.1. The maximum absolute atomic E-state index is 11.9. The number of amides is 2. The van der Waals surface area contributed by atoms with E-state index in [2.05, 4.69) is 10.6 Å². The van der Waals surface area contributed by atoms with Crippen LogP contribution in [0.3, 0.4) is 0 Å². The van der Waals surface area contributed by atoms with Crippen LogP contribution < -0.4 is 10.6 Å². The molecule has 0 saturated heterocycles. The lowest BCUT2D eigenvalue weighted by atomic mass is 9.84. The Morgan fingerprint density at radius 1 is 1.25 bits per heavy atom. The van der Waals surface area contributed by atoms with Gasteiger partial charge in [0.15, 0.2) is 0 Å². The van der Waals surface area contributed by atoms with Crippen molar-refractivity contribution in [3.05, 3.63) is 35.4 Å². The third kappa shape index (κ3) is 3.83. The molecule has 4 heteroatoms. The van der Waals surface area contributed by atoms with Gasteiger partial charge in [-0.3, -0.25) is 9.59 Å². The molecule has 1 fully saturated rings. The van der Waals surface area contributed by atoms with Crippen molar-refractivity contribution in [2.75, 3.05) is 0 Å². The molecule has 2 N–H and O–H groups in total. The first-order chi connectivity index (χ1) is 9.56. The quantitative estimate of drug-likeness (QED) is 0.862. The van der Waals surface area contributed by atoms with Gasteiger partial charge in [0.25, 0.3) is 0 Å². The van der Waals surface area contributed by atoms with Crippen molar-refractivity contribution in [3.8, 4) is 0 Å². The normalized spacial score (nSPS) is 16.1. The molecule has 0 bridgehead atoms. The summed E-state index contributed by atoms with van der Waals surface area (Å²) in [5.41, 5.74) is 2.25. The van der Waals surface area contributed by atoms with Crippen molar-refractivity contribution < 1.29 is 9.59 Å². The first-order valence-corrected chi connectivity index (χ1v) is 7.20. The lowest BCUT2D eigenvalue weighted by Crippen LogP contribution is -2.47. The van der Waals surface area contributed by atoms with Crippen LogP contribution in [0.4, 0.5) is 0 Å². The fourth-order valence-electron chi connectivity index (χ4n) is 2.12. The largest absolute Gasteiger partial charge is 0.350 e. The van der Waals surface area contributed by atoms with E-state index in [0.29, 0.717) is 6.54 Å². The van der Waals surface area contributed by atoms with Gasteiger partial charge in [-0.2, -0.15) is 0 Å². The topological polar surface area (TPSA) is 58.2 Å². The van der Waals surface area contributed by atoms with Gasteiger partial charge in [0.2, 0.25) is 11.8 Å². The Hall–Kier alpha value is -1.84. The SMILES string of the molecule is Cc1ccc(CNC(=O)C(C)NC(=O)C2CCC2)cc1. The molecule has 1 aliphatic carbocycles. The predicted octanol–water partition coefficient (Wildman–Crippen LogP) is 1.92. The van der Waals surface area contributed by atoms with E-state index in [9.17, 15) is 9.59 Å². The highest BCUT2D eigenvalue weighted by Gasteiger charge is 2.27. The molecule has 0 aliphatic heterocycles. The first kappa shape index (κ1) is 14.6. The maximum Gasteiger partial charge on any atom is 0.242 e. The maximum atomic E-state index is 11.9. The van der Waals surface area contributed by atoms with Crippen LogP contribution in [0.5, 0.6) is 0 Å². The standard InChI is InChI=1S/C16H22N2O2/c1-11-6-8-13(9-7-11)10-17-15(19)12(2)18-16(20)14-4-3-5-14/h6-9,12,14H,3-5,10H2,1-2H3,(H,17,19)(H,18,20). The van der Waals surface area contributed by atoms with E-state index in [1.807, 2.05) is 31.2 Å². The summed E-state index contributed by atoms with van der Waals surface area (Å²) in [6, 6.07) is 7.54. The van der Waals surface area contributed by atoms with Gasteiger partial charge < -0.3 is 10.6 Å². The van der Waals surface area contributed by atoms with Crippen molar-refractivity contribution in [2.45, 2.75) is 45.7 Å². The first-order valence-electron chi connectivity index (χ1n) is 7.20. The monoisotopic (exact) mass is 274 g/mol. The molecular weight excluding hydrogens is 252 g/mol. The van der Waals surface area contributed by atoms with Gasteiger partial charge in [0.05, 0.1) is 0 Å². The van der Waals surface area contributed by atoms with Crippen molar-refractivity contribution >= 4 is 11.8 Å². The molecule has 0 aromatic heterocycles. The minimum absolute atomic E-state index is 0.00855. The molecular formula is C16H22N2O2. The van der Waals surface area contributed by atoms with Crippen LogP contribution in [-0.4, -0.2) is 17.9 Å². The smallest absolute Gasteiger partial charge is 0.242 e. The summed E-state index contributed by atoms with van der Waals surface area (Å²) in [7, 11) is 0. The van der Waals surface area contributed by atoms with Crippen molar-refractivity contribution in [1.29, 1.82) is 0 Å². The number of rotatable bonds is 5. The summed E-state index contributed by atoms with van der Waals surface area (Å²) < 4.78 is 0. The molecule has 2 amide bonds. The van der Waals surface area contributed by atoms with Gasteiger partial charge in [-0.25, -0.2) is 0 Å². The van der Waals surface area contributed by atoms with E-state index in [-0.39, 0.29) is 17.7 Å². The van der Waals surface area contributed by atoms with Crippen molar-refractivity contribution in [3.63, 3.8) is 0 Å². The summed E-state index contributed by atoms with van der Waals surface area (Å²) in [6.45, 7) is 4.24. The average Bonchev–Trinajstić information content (AvgIpc) is 2.35. The number of nitrogens with one attached hydrogen (secondary N) is 2. The van der Waals surface area contributed by atoms with Crippen LogP contribution in [0.1, 0.15) is 37.3 Å². The fourth-order valence-corrected chi connectivity index (χ4v) is 2.12. The lowest BCUT2D eigenvalue weighted by Gasteiger charge is -2.25. The molecule has 1 unspecified atom stereocenters. The van der Waals surface area contributed by atoms with E-state index < -0.39 is 6.04 Å². The highest BCUT2D eigenvalue weighted by Crippen LogP contribution is 2.26. The van der Waals surface area contributed by atoms with Gasteiger partial charge in [-0.05, 0) is 32.3 Å².